The maximum atomic E-state index is 12.7. The number of methoxy groups -OCH3 is 1. The van der Waals surface area contributed by atoms with E-state index in [-0.39, 0.29) is 12.4 Å². The fraction of sp³-hybridized carbons (Fsp3) is 0.450. The van der Waals surface area contributed by atoms with Crippen molar-refractivity contribution in [3.63, 3.8) is 0 Å². The van der Waals surface area contributed by atoms with Crippen LogP contribution in [-0.2, 0) is 25.5 Å². The molecule has 0 radical (unpaired) electrons. The molecule has 0 bridgehead atoms. The number of amidine groups is 1. The Kier molecular flexibility index (Phi) is 5.48. The minimum Gasteiger partial charge on any atom is -0.493 e. The number of allylic oxidation sites excluding steroid dienone is 1. The highest BCUT2D eigenvalue weighted by atomic mass is 16.5. The molecule has 7 heteroatoms. The van der Waals surface area contributed by atoms with Crippen molar-refractivity contribution in [3.8, 4) is 5.75 Å². The smallest absolute Gasteiger partial charge is 0.336 e. The van der Waals surface area contributed by atoms with Crippen LogP contribution in [0.25, 0.3) is 0 Å². The molecule has 2 heterocycles. The second-order valence-corrected chi connectivity index (χ2v) is 6.55. The maximum absolute atomic E-state index is 12.7. The van der Waals surface area contributed by atoms with Crippen LogP contribution in [0.15, 0.2) is 34.5 Å². The Bertz CT molecular complexity index is 828. The molecule has 2 aliphatic rings. The zero-order chi connectivity index (χ0) is 19.6. The second-order valence-electron chi connectivity index (χ2n) is 6.55. The third kappa shape index (κ3) is 3.54. The number of fused-ring (bicyclic) bond motifs is 1. The van der Waals surface area contributed by atoms with Crippen LogP contribution in [0.1, 0.15) is 37.3 Å². The van der Waals surface area contributed by atoms with Crippen molar-refractivity contribution in [1.29, 1.82) is 0 Å². The first-order valence-electron chi connectivity index (χ1n) is 9.03. The van der Waals surface area contributed by atoms with E-state index in [4.69, 9.17) is 19.9 Å². The summed E-state index contributed by atoms with van der Waals surface area (Å²) >= 11 is 0. The summed E-state index contributed by atoms with van der Waals surface area (Å²) in [5, 5.41) is 0. The Hall–Kier alpha value is -2.83. The number of ether oxygens (including phenoxy) is 3. The average molecular weight is 372 g/mol. The number of nitrogens with zero attached hydrogens (tertiary/aromatic N) is 1. The first-order chi connectivity index (χ1) is 13.0. The summed E-state index contributed by atoms with van der Waals surface area (Å²) in [4.78, 5) is 29.4. The Morgan fingerprint density at radius 1 is 1.37 bits per heavy atom. The van der Waals surface area contributed by atoms with Gasteiger partial charge in [-0.1, -0.05) is 12.1 Å². The molecule has 144 valence electrons. The number of rotatable bonds is 4. The van der Waals surface area contributed by atoms with Crippen LogP contribution in [0, 0.1) is 5.92 Å². The predicted octanol–water partition coefficient (Wildman–Crippen LogP) is 2.09. The van der Waals surface area contributed by atoms with Crippen molar-refractivity contribution in [2.45, 2.75) is 32.6 Å². The van der Waals surface area contributed by atoms with Crippen LogP contribution in [0.3, 0.4) is 0 Å². The highest BCUT2D eigenvalue weighted by molar-refractivity contribution is 6.06. The zero-order valence-electron chi connectivity index (χ0n) is 15.8. The van der Waals surface area contributed by atoms with Gasteiger partial charge < -0.3 is 19.9 Å². The molecule has 27 heavy (non-hydrogen) atoms. The number of hydrogen-bond acceptors (Lipinski definition) is 7. The lowest BCUT2D eigenvalue weighted by Crippen LogP contribution is -2.41. The molecule has 2 unspecified atom stereocenters. The molecule has 0 amide bonds. The van der Waals surface area contributed by atoms with Gasteiger partial charge >= 0.3 is 11.9 Å². The van der Waals surface area contributed by atoms with Crippen molar-refractivity contribution in [3.05, 3.63) is 40.6 Å². The minimum atomic E-state index is -0.884. The molecular formula is C20H24N2O5. The minimum absolute atomic E-state index is 0.137. The number of nitrogens with two attached hydrogens (primary N) is 1. The van der Waals surface area contributed by atoms with E-state index in [0.717, 1.165) is 29.7 Å². The van der Waals surface area contributed by atoms with Gasteiger partial charge in [-0.05, 0) is 43.9 Å². The third-order valence-electron chi connectivity index (χ3n) is 4.89. The van der Waals surface area contributed by atoms with Gasteiger partial charge in [-0.3, -0.25) is 4.79 Å². The van der Waals surface area contributed by atoms with E-state index in [0.29, 0.717) is 17.9 Å². The lowest BCUT2D eigenvalue weighted by molar-refractivity contribution is -0.146. The van der Waals surface area contributed by atoms with Crippen LogP contribution in [0.2, 0.25) is 0 Å². The SMILES string of the molecule is CCOC(=O)C1C(N)=NC(C)=C(C(=O)OC)C1c1ccc2c(c1)CCCO2. The normalized spacial score (nSPS) is 21.7. The lowest BCUT2D eigenvalue weighted by Gasteiger charge is -2.31. The highest BCUT2D eigenvalue weighted by Crippen LogP contribution is 2.41. The van der Waals surface area contributed by atoms with E-state index in [1.807, 2.05) is 18.2 Å². The molecule has 1 aromatic rings. The molecule has 2 aliphatic heterocycles. The van der Waals surface area contributed by atoms with Crippen molar-refractivity contribution in [2.24, 2.45) is 16.6 Å². The number of benzene rings is 1. The van der Waals surface area contributed by atoms with E-state index < -0.39 is 23.8 Å². The molecule has 0 aliphatic carbocycles. The van der Waals surface area contributed by atoms with Gasteiger partial charge in [0.25, 0.3) is 0 Å². The summed E-state index contributed by atoms with van der Waals surface area (Å²) < 4.78 is 15.9. The summed E-state index contributed by atoms with van der Waals surface area (Å²) in [5.41, 5.74) is 8.70. The molecule has 1 aromatic carbocycles. The Morgan fingerprint density at radius 2 is 2.15 bits per heavy atom. The number of esters is 2. The molecule has 2 atom stereocenters. The Morgan fingerprint density at radius 3 is 2.85 bits per heavy atom. The van der Waals surface area contributed by atoms with E-state index >= 15 is 0 Å². The molecule has 0 fully saturated rings. The summed E-state index contributed by atoms with van der Waals surface area (Å²) in [6.45, 7) is 4.31. The van der Waals surface area contributed by atoms with Crippen molar-refractivity contribution >= 4 is 17.8 Å². The summed E-state index contributed by atoms with van der Waals surface area (Å²) in [6, 6.07) is 5.70. The van der Waals surface area contributed by atoms with Crippen LogP contribution in [0.4, 0.5) is 0 Å². The van der Waals surface area contributed by atoms with Gasteiger partial charge in [0.15, 0.2) is 0 Å². The first-order valence-corrected chi connectivity index (χ1v) is 9.03. The van der Waals surface area contributed by atoms with Gasteiger partial charge in [0.2, 0.25) is 0 Å². The van der Waals surface area contributed by atoms with Crippen LogP contribution >= 0.6 is 0 Å². The molecule has 0 spiro atoms. The van der Waals surface area contributed by atoms with Crippen molar-refractivity contribution in [2.75, 3.05) is 20.3 Å². The van der Waals surface area contributed by atoms with Gasteiger partial charge in [-0.15, -0.1) is 0 Å². The lowest BCUT2D eigenvalue weighted by atomic mass is 9.76. The average Bonchev–Trinajstić information content (AvgIpc) is 2.66. The molecule has 0 aromatic heterocycles. The van der Waals surface area contributed by atoms with E-state index in [1.165, 1.54) is 7.11 Å². The fourth-order valence-corrected chi connectivity index (χ4v) is 3.69. The predicted molar refractivity (Wildman–Crippen MR) is 99.5 cm³/mol. The van der Waals surface area contributed by atoms with Gasteiger partial charge in [-0.25, -0.2) is 9.79 Å². The van der Waals surface area contributed by atoms with E-state index in [2.05, 4.69) is 4.99 Å². The standard InChI is InChI=1S/C20H24N2O5/c1-4-26-20(24)17-16(15(19(23)25-3)11(2)22-18(17)21)13-7-8-14-12(10-13)6-5-9-27-14/h7-8,10,16-17H,4-6,9H2,1-3H3,(H2,21,22). The van der Waals surface area contributed by atoms with Gasteiger partial charge in [0.05, 0.1) is 31.6 Å². The Labute approximate surface area is 158 Å². The molecule has 0 saturated carbocycles. The topological polar surface area (TPSA) is 100 Å². The van der Waals surface area contributed by atoms with Crippen molar-refractivity contribution in [1.82, 2.24) is 0 Å². The van der Waals surface area contributed by atoms with Gasteiger partial charge in [-0.2, -0.15) is 0 Å². The molecule has 0 saturated heterocycles. The third-order valence-corrected chi connectivity index (χ3v) is 4.89. The number of hydrogen-bond donors (Lipinski definition) is 1. The van der Waals surface area contributed by atoms with Crippen LogP contribution < -0.4 is 10.5 Å². The highest BCUT2D eigenvalue weighted by Gasteiger charge is 2.43. The van der Waals surface area contributed by atoms with Gasteiger partial charge in [0.1, 0.15) is 17.5 Å². The van der Waals surface area contributed by atoms with Gasteiger partial charge in [0, 0.05) is 5.92 Å². The Balaban J connectivity index is 2.14. The van der Waals surface area contributed by atoms with E-state index in [9.17, 15) is 9.59 Å². The number of carbonyl (C=O) groups excluding carboxylic acids is 2. The van der Waals surface area contributed by atoms with Crippen LogP contribution in [-0.4, -0.2) is 38.1 Å². The molecule has 7 nitrogen and oxygen atoms in total. The fourth-order valence-electron chi connectivity index (χ4n) is 3.69. The second kappa shape index (κ2) is 7.82. The van der Waals surface area contributed by atoms with E-state index in [1.54, 1.807) is 13.8 Å². The summed E-state index contributed by atoms with van der Waals surface area (Å²) in [5.74, 6) is -1.58. The quantitative estimate of drug-likeness (QED) is 0.813. The summed E-state index contributed by atoms with van der Waals surface area (Å²) in [6.07, 6.45) is 1.80. The molecule has 2 N–H and O–H groups in total. The number of carbonyl (C=O) groups is 2. The number of aliphatic imine (C=N–C) groups is 1. The first kappa shape index (κ1) is 18.9. The maximum Gasteiger partial charge on any atom is 0.336 e. The monoisotopic (exact) mass is 372 g/mol. The summed E-state index contributed by atoms with van der Waals surface area (Å²) in [7, 11) is 1.31. The number of aryl methyl sites for hydroxylation is 1. The van der Waals surface area contributed by atoms with Crippen molar-refractivity contribution < 1.29 is 23.8 Å². The molecule has 3 rings (SSSR count). The van der Waals surface area contributed by atoms with Crippen LogP contribution in [0.5, 0.6) is 5.75 Å². The largest absolute Gasteiger partial charge is 0.493 e. The molecular weight excluding hydrogens is 348 g/mol. The zero-order valence-corrected chi connectivity index (χ0v) is 15.8.